The SMILES string of the molecule is CCCC(=O)C(N=Nc1ccc(Cl)cc1)C(=O)O. The average molecular weight is 269 g/mol. The van der Waals surface area contributed by atoms with Gasteiger partial charge in [0.1, 0.15) is 0 Å². The minimum absolute atomic E-state index is 0.177. The lowest BCUT2D eigenvalue weighted by atomic mass is 10.1. The molecular formula is C12H13ClN2O3. The molecule has 0 amide bonds. The van der Waals surface area contributed by atoms with E-state index in [1.54, 1.807) is 31.2 Å². The maximum absolute atomic E-state index is 11.5. The van der Waals surface area contributed by atoms with Gasteiger partial charge < -0.3 is 5.11 Å². The molecule has 0 aliphatic heterocycles. The lowest BCUT2D eigenvalue weighted by Crippen LogP contribution is -2.27. The summed E-state index contributed by atoms with van der Waals surface area (Å²) in [6, 6.07) is 4.98. The number of aliphatic carboxylic acids is 1. The van der Waals surface area contributed by atoms with E-state index < -0.39 is 17.8 Å². The number of hydrogen-bond acceptors (Lipinski definition) is 4. The van der Waals surface area contributed by atoms with Crippen LogP contribution >= 0.6 is 11.6 Å². The van der Waals surface area contributed by atoms with Gasteiger partial charge in [0.15, 0.2) is 5.78 Å². The first kappa shape index (κ1) is 14.3. The first-order valence-corrected chi connectivity index (χ1v) is 5.84. The van der Waals surface area contributed by atoms with Crippen molar-refractivity contribution in [3.8, 4) is 0 Å². The van der Waals surface area contributed by atoms with E-state index in [-0.39, 0.29) is 6.42 Å². The molecule has 1 aromatic carbocycles. The number of carboxylic acid groups (broad SMARTS) is 1. The summed E-state index contributed by atoms with van der Waals surface area (Å²) in [4.78, 5) is 22.4. The normalized spacial score (nSPS) is 12.6. The Balaban J connectivity index is 2.80. The highest BCUT2D eigenvalue weighted by atomic mass is 35.5. The van der Waals surface area contributed by atoms with Crippen LogP contribution in [0.2, 0.25) is 5.02 Å². The predicted molar refractivity (Wildman–Crippen MR) is 67.3 cm³/mol. The summed E-state index contributed by atoms with van der Waals surface area (Å²) in [5.74, 6) is -1.73. The van der Waals surface area contributed by atoms with Crippen LogP contribution in [0.3, 0.4) is 0 Å². The van der Waals surface area contributed by atoms with E-state index in [1.807, 2.05) is 0 Å². The number of nitrogens with zero attached hydrogens (tertiary/aromatic N) is 2. The van der Waals surface area contributed by atoms with Crippen molar-refractivity contribution in [3.63, 3.8) is 0 Å². The minimum atomic E-state index is -1.43. The van der Waals surface area contributed by atoms with Crippen LogP contribution in [0.4, 0.5) is 5.69 Å². The molecule has 5 nitrogen and oxygen atoms in total. The van der Waals surface area contributed by atoms with Crippen molar-refractivity contribution in [2.75, 3.05) is 0 Å². The summed E-state index contributed by atoms with van der Waals surface area (Å²) in [6.07, 6.45) is 0.760. The standard InChI is InChI=1S/C12H13ClN2O3/c1-2-3-10(16)11(12(17)18)15-14-9-6-4-8(13)5-7-9/h4-7,11H,2-3H2,1H3,(H,17,18). The molecule has 0 aliphatic rings. The van der Waals surface area contributed by atoms with E-state index in [4.69, 9.17) is 16.7 Å². The fourth-order valence-corrected chi connectivity index (χ4v) is 1.39. The number of ketones is 1. The van der Waals surface area contributed by atoms with Gasteiger partial charge in [0.2, 0.25) is 6.04 Å². The van der Waals surface area contributed by atoms with E-state index in [0.29, 0.717) is 17.1 Å². The average Bonchev–Trinajstić information content (AvgIpc) is 2.31. The van der Waals surface area contributed by atoms with Crippen molar-refractivity contribution in [2.24, 2.45) is 10.2 Å². The highest BCUT2D eigenvalue weighted by molar-refractivity contribution is 6.30. The molecule has 0 heterocycles. The molecule has 1 atom stereocenters. The molecule has 0 saturated carbocycles. The Bertz CT molecular complexity index is 457. The van der Waals surface area contributed by atoms with Crippen molar-refractivity contribution in [3.05, 3.63) is 29.3 Å². The third-order valence-corrected chi connectivity index (χ3v) is 2.40. The third-order valence-electron chi connectivity index (χ3n) is 2.15. The second kappa shape index (κ2) is 6.86. The molecule has 0 radical (unpaired) electrons. The first-order chi connectivity index (χ1) is 8.54. The quantitative estimate of drug-likeness (QED) is 0.635. The Morgan fingerprint density at radius 2 is 1.94 bits per heavy atom. The van der Waals surface area contributed by atoms with Gasteiger partial charge in [-0.05, 0) is 30.7 Å². The van der Waals surface area contributed by atoms with Crippen molar-refractivity contribution in [2.45, 2.75) is 25.8 Å². The van der Waals surface area contributed by atoms with Crippen LogP contribution in [0.25, 0.3) is 0 Å². The molecule has 0 bridgehead atoms. The largest absolute Gasteiger partial charge is 0.479 e. The van der Waals surface area contributed by atoms with Gasteiger partial charge in [0, 0.05) is 11.4 Å². The summed E-state index contributed by atoms with van der Waals surface area (Å²) in [6.45, 7) is 1.80. The number of carboxylic acids is 1. The summed E-state index contributed by atoms with van der Waals surface area (Å²) in [5, 5.41) is 16.8. The van der Waals surface area contributed by atoms with Gasteiger partial charge in [-0.3, -0.25) is 4.79 Å². The van der Waals surface area contributed by atoms with Crippen molar-refractivity contribution < 1.29 is 14.7 Å². The van der Waals surface area contributed by atoms with E-state index >= 15 is 0 Å². The topological polar surface area (TPSA) is 79.1 Å². The van der Waals surface area contributed by atoms with Gasteiger partial charge in [0.05, 0.1) is 5.69 Å². The van der Waals surface area contributed by atoms with Crippen molar-refractivity contribution >= 4 is 29.0 Å². The fourth-order valence-electron chi connectivity index (χ4n) is 1.27. The second-order valence-corrected chi connectivity index (χ2v) is 4.09. The molecule has 6 heteroatoms. The maximum Gasteiger partial charge on any atom is 0.338 e. The van der Waals surface area contributed by atoms with Gasteiger partial charge in [-0.25, -0.2) is 4.79 Å². The van der Waals surface area contributed by atoms with Crippen LogP contribution in [0.15, 0.2) is 34.5 Å². The summed E-state index contributed by atoms with van der Waals surface area (Å²) >= 11 is 5.70. The molecular weight excluding hydrogens is 256 g/mol. The van der Waals surface area contributed by atoms with E-state index in [9.17, 15) is 9.59 Å². The summed E-state index contributed by atoms with van der Waals surface area (Å²) in [5.41, 5.74) is 0.454. The number of carbonyl (C=O) groups excluding carboxylic acids is 1. The van der Waals surface area contributed by atoms with Gasteiger partial charge in [0.25, 0.3) is 0 Å². The second-order valence-electron chi connectivity index (χ2n) is 3.65. The van der Waals surface area contributed by atoms with Crippen LogP contribution in [0, 0.1) is 0 Å². The molecule has 0 saturated heterocycles. The lowest BCUT2D eigenvalue weighted by Gasteiger charge is -2.03. The smallest absolute Gasteiger partial charge is 0.338 e. The Morgan fingerprint density at radius 1 is 1.33 bits per heavy atom. The molecule has 0 aromatic heterocycles. The molecule has 0 fully saturated rings. The molecule has 1 N–H and O–H groups in total. The number of azo groups is 1. The van der Waals surface area contributed by atoms with E-state index in [2.05, 4.69) is 10.2 Å². The summed E-state index contributed by atoms with van der Waals surface area (Å²) in [7, 11) is 0. The minimum Gasteiger partial charge on any atom is -0.479 e. The number of rotatable bonds is 6. The van der Waals surface area contributed by atoms with Crippen LogP contribution in [0.1, 0.15) is 19.8 Å². The van der Waals surface area contributed by atoms with E-state index in [1.165, 1.54) is 0 Å². The Hall–Kier alpha value is -1.75. The molecule has 1 aromatic rings. The zero-order chi connectivity index (χ0) is 13.5. The number of hydrogen-bond donors (Lipinski definition) is 1. The maximum atomic E-state index is 11.5. The number of benzene rings is 1. The van der Waals surface area contributed by atoms with Crippen molar-refractivity contribution in [1.82, 2.24) is 0 Å². The Morgan fingerprint density at radius 3 is 2.44 bits per heavy atom. The zero-order valence-electron chi connectivity index (χ0n) is 9.84. The molecule has 0 aliphatic carbocycles. The van der Waals surface area contributed by atoms with Crippen LogP contribution in [-0.4, -0.2) is 22.9 Å². The number of halogens is 1. The Kier molecular flexibility index (Phi) is 5.45. The highest BCUT2D eigenvalue weighted by Crippen LogP contribution is 2.17. The zero-order valence-corrected chi connectivity index (χ0v) is 10.6. The van der Waals surface area contributed by atoms with Crippen LogP contribution in [0.5, 0.6) is 0 Å². The van der Waals surface area contributed by atoms with Gasteiger partial charge in [-0.1, -0.05) is 18.5 Å². The lowest BCUT2D eigenvalue weighted by molar-refractivity contribution is -0.142. The molecule has 1 unspecified atom stereocenters. The first-order valence-electron chi connectivity index (χ1n) is 5.46. The van der Waals surface area contributed by atoms with E-state index in [0.717, 1.165) is 0 Å². The third kappa shape index (κ3) is 4.25. The molecule has 96 valence electrons. The van der Waals surface area contributed by atoms with Gasteiger partial charge in [-0.15, -0.1) is 0 Å². The number of carbonyl (C=O) groups is 2. The molecule has 1 rings (SSSR count). The molecule has 0 spiro atoms. The fraction of sp³-hybridized carbons (Fsp3) is 0.333. The highest BCUT2D eigenvalue weighted by Gasteiger charge is 2.24. The van der Waals surface area contributed by atoms with Gasteiger partial charge >= 0.3 is 5.97 Å². The van der Waals surface area contributed by atoms with Crippen LogP contribution < -0.4 is 0 Å². The molecule has 18 heavy (non-hydrogen) atoms. The van der Waals surface area contributed by atoms with Crippen molar-refractivity contribution in [1.29, 1.82) is 0 Å². The monoisotopic (exact) mass is 268 g/mol. The Labute approximate surface area is 109 Å². The number of Topliss-reactive ketones (excluding diaryl/α,β-unsaturated/α-hetero) is 1. The predicted octanol–water partition coefficient (Wildman–Crippen LogP) is 3.25. The van der Waals surface area contributed by atoms with Crippen LogP contribution in [-0.2, 0) is 9.59 Å². The van der Waals surface area contributed by atoms with Gasteiger partial charge in [-0.2, -0.15) is 10.2 Å². The summed E-state index contributed by atoms with van der Waals surface area (Å²) < 4.78 is 0.